The van der Waals surface area contributed by atoms with Crippen LogP contribution in [0.15, 0.2) is 72.8 Å². The summed E-state index contributed by atoms with van der Waals surface area (Å²) in [4.78, 5) is 56.3. The number of hydrogen-bond acceptors (Lipinski definition) is 5. The van der Waals surface area contributed by atoms with Crippen LogP contribution in [0.3, 0.4) is 0 Å². The van der Waals surface area contributed by atoms with E-state index < -0.39 is 46.9 Å². The Kier molecular flexibility index (Phi) is 4.82. The highest BCUT2D eigenvalue weighted by Crippen LogP contribution is 2.57. The molecule has 0 radical (unpaired) electrons. The number of amides is 2. The van der Waals surface area contributed by atoms with Gasteiger partial charge in [0.25, 0.3) is 0 Å². The van der Waals surface area contributed by atoms with Gasteiger partial charge in [-0.2, -0.15) is 0 Å². The van der Waals surface area contributed by atoms with Crippen molar-refractivity contribution >= 4 is 40.7 Å². The smallest absolute Gasteiger partial charge is 0.241 e. The van der Waals surface area contributed by atoms with Crippen LogP contribution >= 0.6 is 11.6 Å². The van der Waals surface area contributed by atoms with Gasteiger partial charge in [-0.05, 0) is 41.8 Å². The average molecular weight is 486 g/mol. The summed E-state index contributed by atoms with van der Waals surface area (Å²) in [5, 5.41) is 0.416. The molecule has 1 spiro atoms. The Hall–Kier alpha value is -3.61. The first kappa shape index (κ1) is 21.9. The number of nitrogens with zero attached hydrogens (tertiary/aromatic N) is 1. The first-order valence-corrected chi connectivity index (χ1v) is 11.8. The first-order valence-electron chi connectivity index (χ1n) is 11.5. The molecule has 3 atom stereocenters. The van der Waals surface area contributed by atoms with Gasteiger partial charge in [-0.25, -0.2) is 4.90 Å². The largest absolute Gasteiger partial charge is 0.349 e. The summed E-state index contributed by atoms with van der Waals surface area (Å²) < 4.78 is 6.26. The number of aryl methyl sites for hydroxylation is 1. The molecule has 0 N–H and O–H groups in total. The Bertz CT molecular complexity index is 1390. The van der Waals surface area contributed by atoms with Crippen molar-refractivity contribution < 1.29 is 23.9 Å². The average Bonchev–Trinajstić information content (AvgIpc) is 3.44. The van der Waals surface area contributed by atoms with Gasteiger partial charge in [0.1, 0.15) is 0 Å². The lowest BCUT2D eigenvalue weighted by Crippen LogP contribution is -2.51. The Morgan fingerprint density at radius 1 is 0.857 bits per heavy atom. The van der Waals surface area contributed by atoms with Crippen LogP contribution in [-0.4, -0.2) is 29.0 Å². The second kappa shape index (κ2) is 7.70. The number of imide groups is 1. The van der Waals surface area contributed by atoms with Gasteiger partial charge in [-0.1, -0.05) is 67.1 Å². The quantitative estimate of drug-likeness (QED) is 0.400. The Morgan fingerprint density at radius 2 is 1.51 bits per heavy atom. The number of hydrogen-bond donors (Lipinski definition) is 0. The lowest BCUT2D eigenvalue weighted by Gasteiger charge is -2.27. The zero-order chi connectivity index (χ0) is 24.5. The lowest BCUT2D eigenvalue weighted by molar-refractivity contribution is -0.127. The number of ketones is 2. The molecule has 2 heterocycles. The Morgan fingerprint density at radius 3 is 2.11 bits per heavy atom. The number of rotatable bonds is 3. The molecule has 3 aromatic carbocycles. The maximum atomic E-state index is 13.9. The summed E-state index contributed by atoms with van der Waals surface area (Å²) >= 11 is 6.21. The molecule has 2 amide bonds. The zero-order valence-corrected chi connectivity index (χ0v) is 19.5. The maximum absolute atomic E-state index is 13.9. The summed E-state index contributed by atoms with van der Waals surface area (Å²) in [6.07, 6.45) is -0.181. The van der Waals surface area contributed by atoms with Gasteiger partial charge in [0.05, 0.1) is 23.6 Å². The van der Waals surface area contributed by atoms with Crippen molar-refractivity contribution in [3.05, 3.63) is 100 Å². The summed E-state index contributed by atoms with van der Waals surface area (Å²) in [7, 11) is 0. The molecule has 3 aromatic rings. The van der Waals surface area contributed by atoms with Crippen molar-refractivity contribution in [2.24, 2.45) is 11.8 Å². The van der Waals surface area contributed by atoms with Crippen LogP contribution in [0.4, 0.5) is 5.69 Å². The van der Waals surface area contributed by atoms with E-state index in [1.165, 1.54) is 0 Å². The van der Waals surface area contributed by atoms with Crippen LogP contribution in [0.25, 0.3) is 0 Å². The van der Waals surface area contributed by atoms with Crippen LogP contribution in [0.1, 0.15) is 44.9 Å². The highest BCUT2D eigenvalue weighted by atomic mass is 35.5. The number of anilines is 1. The predicted octanol–water partition coefficient (Wildman–Crippen LogP) is 4.60. The topological polar surface area (TPSA) is 80.8 Å². The van der Waals surface area contributed by atoms with Gasteiger partial charge in [-0.15, -0.1) is 0 Å². The second-order valence-corrected chi connectivity index (χ2v) is 9.50. The lowest BCUT2D eigenvalue weighted by atomic mass is 9.77. The standard InChI is InChI=1S/C28H20ClNO5/c1-2-15-10-12-18(13-11-15)30-26(33)21-22(27(30)34)28(35-23(21)16-6-5-7-17(29)14-16)24(31)19-8-3-4-9-20(19)25(28)32/h3-14,21-23H,2H2,1H3/t21-,22+,23-/m0/s1. The van der Waals surface area contributed by atoms with Crippen molar-refractivity contribution in [2.75, 3.05) is 4.90 Å². The van der Waals surface area contributed by atoms with Crippen LogP contribution in [-0.2, 0) is 20.7 Å². The molecule has 0 unspecified atom stereocenters. The van der Waals surface area contributed by atoms with E-state index in [9.17, 15) is 19.2 Å². The third-order valence-electron chi connectivity index (χ3n) is 7.30. The summed E-state index contributed by atoms with van der Waals surface area (Å²) in [6, 6.07) is 20.3. The minimum Gasteiger partial charge on any atom is -0.349 e. The third kappa shape index (κ3) is 2.87. The van der Waals surface area contributed by atoms with E-state index in [4.69, 9.17) is 16.3 Å². The van der Waals surface area contributed by atoms with Crippen molar-refractivity contribution in [1.29, 1.82) is 0 Å². The van der Waals surface area contributed by atoms with E-state index in [0.29, 0.717) is 16.3 Å². The molecule has 2 saturated heterocycles. The normalized spacial score (nSPS) is 24.4. The van der Waals surface area contributed by atoms with Crippen molar-refractivity contribution in [3.8, 4) is 0 Å². The molecule has 6 rings (SSSR count). The predicted molar refractivity (Wildman–Crippen MR) is 128 cm³/mol. The molecule has 7 heteroatoms. The number of Topliss-reactive ketones (excluding diaryl/α,β-unsaturated/α-hetero) is 2. The minimum absolute atomic E-state index is 0.203. The van der Waals surface area contributed by atoms with Crippen LogP contribution in [0, 0.1) is 11.8 Å². The molecule has 6 nitrogen and oxygen atoms in total. The van der Waals surface area contributed by atoms with Crippen LogP contribution < -0.4 is 4.90 Å². The number of carbonyl (C=O) groups is 4. The number of halogens is 1. The summed E-state index contributed by atoms with van der Waals surface area (Å²) in [5.41, 5.74) is 0.308. The molecule has 2 fully saturated rings. The molecule has 2 aliphatic heterocycles. The Balaban J connectivity index is 1.53. The van der Waals surface area contributed by atoms with Gasteiger partial charge in [-0.3, -0.25) is 19.2 Å². The minimum atomic E-state index is -2.09. The molecule has 35 heavy (non-hydrogen) atoms. The highest BCUT2D eigenvalue weighted by molar-refractivity contribution is 6.37. The van der Waals surface area contributed by atoms with Gasteiger partial charge in [0.2, 0.25) is 29.0 Å². The fourth-order valence-corrected chi connectivity index (χ4v) is 5.84. The van der Waals surface area contributed by atoms with E-state index in [2.05, 4.69) is 0 Å². The van der Waals surface area contributed by atoms with Gasteiger partial charge < -0.3 is 4.74 Å². The van der Waals surface area contributed by atoms with Crippen molar-refractivity contribution in [1.82, 2.24) is 0 Å². The van der Waals surface area contributed by atoms with Gasteiger partial charge in [0.15, 0.2) is 0 Å². The van der Waals surface area contributed by atoms with E-state index in [1.807, 2.05) is 19.1 Å². The van der Waals surface area contributed by atoms with Crippen molar-refractivity contribution in [3.63, 3.8) is 0 Å². The first-order chi connectivity index (χ1) is 16.9. The van der Waals surface area contributed by atoms with E-state index in [-0.39, 0.29) is 11.1 Å². The van der Waals surface area contributed by atoms with Crippen molar-refractivity contribution in [2.45, 2.75) is 25.0 Å². The molecule has 174 valence electrons. The fraction of sp³-hybridized carbons (Fsp3) is 0.214. The van der Waals surface area contributed by atoms with E-state index >= 15 is 0 Å². The monoisotopic (exact) mass is 485 g/mol. The second-order valence-electron chi connectivity index (χ2n) is 9.07. The third-order valence-corrected chi connectivity index (χ3v) is 7.53. The number of ether oxygens (including phenoxy) is 1. The molecule has 3 aliphatic rings. The highest BCUT2D eigenvalue weighted by Gasteiger charge is 2.74. The molecule has 0 bridgehead atoms. The van der Waals surface area contributed by atoms with Gasteiger partial charge in [0, 0.05) is 16.1 Å². The Labute approximate surface area is 206 Å². The van der Waals surface area contributed by atoms with E-state index in [0.717, 1.165) is 16.9 Å². The van der Waals surface area contributed by atoms with E-state index in [1.54, 1.807) is 60.7 Å². The molecule has 0 saturated carbocycles. The van der Waals surface area contributed by atoms with Gasteiger partial charge >= 0.3 is 0 Å². The molecular weight excluding hydrogens is 466 g/mol. The fourth-order valence-electron chi connectivity index (χ4n) is 5.64. The number of carbonyl (C=O) groups excluding carboxylic acids is 4. The van der Waals surface area contributed by atoms with Crippen LogP contribution in [0.5, 0.6) is 0 Å². The summed E-state index contributed by atoms with van der Waals surface area (Å²) in [6.45, 7) is 2.01. The zero-order valence-electron chi connectivity index (χ0n) is 18.7. The van der Waals surface area contributed by atoms with Crippen LogP contribution in [0.2, 0.25) is 5.02 Å². The number of fused-ring (bicyclic) bond motifs is 3. The molecule has 1 aliphatic carbocycles. The maximum Gasteiger partial charge on any atom is 0.241 e. The number of benzene rings is 3. The SMILES string of the molecule is CCc1ccc(N2C(=O)[C@@H]3[C@H](c4cccc(Cl)c4)OC4(C(=O)c5ccccc5C4=O)[C@H]3C2=O)cc1. The summed E-state index contributed by atoms with van der Waals surface area (Å²) in [5.74, 6) is -4.60. The molecular formula is C28H20ClNO5. The molecule has 0 aromatic heterocycles.